The lowest BCUT2D eigenvalue weighted by Gasteiger charge is -2.32. The van der Waals surface area contributed by atoms with Crippen molar-refractivity contribution in [2.45, 2.75) is 37.7 Å². The molecule has 2 bridgehead atoms. The first-order chi connectivity index (χ1) is 10.5. The quantitative estimate of drug-likeness (QED) is 0.814. The summed E-state index contributed by atoms with van der Waals surface area (Å²) in [4.78, 5) is 22.3. The van der Waals surface area contributed by atoms with Crippen LogP contribution in [0.3, 0.4) is 0 Å². The van der Waals surface area contributed by atoms with Crippen molar-refractivity contribution in [1.29, 1.82) is 0 Å². The highest BCUT2D eigenvalue weighted by Gasteiger charge is 2.54. The lowest BCUT2D eigenvalue weighted by Crippen LogP contribution is -2.50. The molecule has 2 aromatic rings. The molecule has 22 heavy (non-hydrogen) atoms. The standard InChI is InChI=1S/C16H16N2O4/c1-8-2-3-9-5-10(7-17-11(9)4-8)16(21)18-12-6-13(22-18)15(20)14(12)19/h2-5,7,12-15,19-20H,6H2,1H3/t12-,13+,14+,15-/m0/s1. The Morgan fingerprint density at radius 1 is 1.32 bits per heavy atom. The average molecular weight is 300 g/mol. The Kier molecular flexibility index (Phi) is 2.94. The van der Waals surface area contributed by atoms with Gasteiger partial charge in [0.25, 0.3) is 5.91 Å². The summed E-state index contributed by atoms with van der Waals surface area (Å²) >= 11 is 0. The van der Waals surface area contributed by atoms with Crippen LogP contribution in [0.15, 0.2) is 30.5 Å². The molecule has 2 N–H and O–H groups in total. The predicted octanol–water partition coefficient (Wildman–Crippen LogP) is 0.793. The van der Waals surface area contributed by atoms with Gasteiger partial charge in [0.15, 0.2) is 0 Å². The molecule has 6 heteroatoms. The zero-order chi connectivity index (χ0) is 15.4. The van der Waals surface area contributed by atoms with Crippen molar-refractivity contribution >= 4 is 16.8 Å². The number of hydroxylamine groups is 2. The summed E-state index contributed by atoms with van der Waals surface area (Å²) < 4.78 is 0. The average Bonchev–Trinajstić information content (AvgIpc) is 3.07. The van der Waals surface area contributed by atoms with Crippen LogP contribution in [0.1, 0.15) is 22.3 Å². The van der Waals surface area contributed by atoms with E-state index in [1.165, 1.54) is 11.3 Å². The number of benzene rings is 1. The number of rotatable bonds is 1. The van der Waals surface area contributed by atoms with Crippen molar-refractivity contribution < 1.29 is 19.8 Å². The maximum absolute atomic E-state index is 12.6. The monoisotopic (exact) mass is 300 g/mol. The maximum Gasteiger partial charge on any atom is 0.279 e. The highest BCUT2D eigenvalue weighted by molar-refractivity contribution is 5.97. The van der Waals surface area contributed by atoms with Crippen LogP contribution in [-0.2, 0) is 4.84 Å². The first-order valence-corrected chi connectivity index (χ1v) is 7.27. The molecule has 1 saturated heterocycles. The van der Waals surface area contributed by atoms with Crippen LogP contribution in [0.5, 0.6) is 0 Å². The Labute approximate surface area is 126 Å². The molecule has 0 unspecified atom stereocenters. The van der Waals surface area contributed by atoms with Gasteiger partial charge in [0.05, 0.1) is 17.1 Å². The van der Waals surface area contributed by atoms with E-state index in [-0.39, 0.29) is 5.91 Å². The van der Waals surface area contributed by atoms with Crippen molar-refractivity contribution in [3.8, 4) is 0 Å². The summed E-state index contributed by atoms with van der Waals surface area (Å²) in [5, 5.41) is 21.7. The number of carbonyl (C=O) groups excluding carboxylic acids is 1. The van der Waals surface area contributed by atoms with Gasteiger partial charge in [0, 0.05) is 18.0 Å². The summed E-state index contributed by atoms with van der Waals surface area (Å²) in [6.45, 7) is 1.99. The number of amides is 1. The lowest BCUT2D eigenvalue weighted by atomic mass is 10.1. The number of nitrogens with zero attached hydrogens (tertiary/aromatic N) is 2. The Morgan fingerprint density at radius 2 is 2.14 bits per heavy atom. The van der Waals surface area contributed by atoms with Gasteiger partial charge >= 0.3 is 0 Å². The van der Waals surface area contributed by atoms with E-state index < -0.39 is 24.4 Å². The molecule has 1 aliphatic carbocycles. The molecule has 1 aromatic carbocycles. The molecule has 6 nitrogen and oxygen atoms in total. The molecule has 2 fully saturated rings. The van der Waals surface area contributed by atoms with E-state index in [9.17, 15) is 15.0 Å². The van der Waals surface area contributed by atoms with E-state index >= 15 is 0 Å². The Hall–Kier alpha value is -2.02. The highest BCUT2D eigenvalue weighted by Crippen LogP contribution is 2.36. The third-order valence-electron chi connectivity index (χ3n) is 4.44. The zero-order valence-electron chi connectivity index (χ0n) is 12.0. The minimum atomic E-state index is -0.959. The van der Waals surface area contributed by atoms with Gasteiger partial charge in [0.2, 0.25) is 0 Å². The largest absolute Gasteiger partial charge is 0.388 e. The van der Waals surface area contributed by atoms with Crippen molar-refractivity contribution in [3.05, 3.63) is 41.6 Å². The first-order valence-electron chi connectivity index (χ1n) is 7.27. The van der Waals surface area contributed by atoms with E-state index in [1.807, 2.05) is 25.1 Å². The number of pyridine rings is 1. The summed E-state index contributed by atoms with van der Waals surface area (Å²) in [7, 11) is 0. The van der Waals surface area contributed by atoms with Crippen LogP contribution in [-0.4, -0.2) is 50.5 Å². The fraction of sp³-hybridized carbons (Fsp3) is 0.375. The minimum Gasteiger partial charge on any atom is -0.388 e. The number of aliphatic hydroxyl groups excluding tert-OH is 2. The number of hydrogen-bond donors (Lipinski definition) is 2. The van der Waals surface area contributed by atoms with Crippen molar-refractivity contribution in [1.82, 2.24) is 10.0 Å². The van der Waals surface area contributed by atoms with Crippen LogP contribution in [0.2, 0.25) is 0 Å². The van der Waals surface area contributed by atoms with E-state index in [0.29, 0.717) is 12.0 Å². The summed E-state index contributed by atoms with van der Waals surface area (Å²) in [6, 6.07) is 7.11. The predicted molar refractivity (Wildman–Crippen MR) is 77.9 cm³/mol. The molecule has 1 saturated carbocycles. The van der Waals surface area contributed by atoms with E-state index in [4.69, 9.17) is 4.84 Å². The van der Waals surface area contributed by atoms with Crippen LogP contribution < -0.4 is 0 Å². The smallest absolute Gasteiger partial charge is 0.279 e. The number of aromatic nitrogens is 1. The molecule has 4 atom stereocenters. The zero-order valence-corrected chi connectivity index (χ0v) is 12.0. The molecule has 1 amide bonds. The molecule has 0 spiro atoms. The number of fused-ring (bicyclic) bond motifs is 3. The van der Waals surface area contributed by atoms with Gasteiger partial charge in [-0.1, -0.05) is 12.1 Å². The molecule has 0 radical (unpaired) electrons. The van der Waals surface area contributed by atoms with Crippen LogP contribution in [0, 0.1) is 6.92 Å². The molecule has 2 heterocycles. The lowest BCUT2D eigenvalue weighted by molar-refractivity contribution is -0.216. The molecular weight excluding hydrogens is 284 g/mol. The fourth-order valence-electron chi connectivity index (χ4n) is 3.20. The van der Waals surface area contributed by atoms with Gasteiger partial charge in [-0.25, -0.2) is 5.06 Å². The topological polar surface area (TPSA) is 82.9 Å². The Morgan fingerprint density at radius 3 is 2.86 bits per heavy atom. The summed E-state index contributed by atoms with van der Waals surface area (Å²) in [6.07, 6.45) is -0.429. The molecule has 1 aliphatic heterocycles. The normalized spacial score (nSPS) is 30.2. The van der Waals surface area contributed by atoms with Gasteiger partial charge < -0.3 is 10.2 Å². The molecule has 4 rings (SSSR count). The van der Waals surface area contributed by atoms with Gasteiger partial charge in [0.1, 0.15) is 18.3 Å². The van der Waals surface area contributed by atoms with Crippen LogP contribution >= 0.6 is 0 Å². The molecule has 1 aromatic heterocycles. The number of carbonyl (C=O) groups is 1. The summed E-state index contributed by atoms with van der Waals surface area (Å²) in [5.41, 5.74) is 2.35. The number of aryl methyl sites for hydroxylation is 1. The van der Waals surface area contributed by atoms with Gasteiger partial charge in [-0.15, -0.1) is 0 Å². The maximum atomic E-state index is 12.6. The van der Waals surface area contributed by atoms with Crippen molar-refractivity contribution in [3.63, 3.8) is 0 Å². The third-order valence-corrected chi connectivity index (χ3v) is 4.44. The van der Waals surface area contributed by atoms with Crippen LogP contribution in [0.25, 0.3) is 10.9 Å². The van der Waals surface area contributed by atoms with Crippen molar-refractivity contribution in [2.75, 3.05) is 0 Å². The molecule has 114 valence electrons. The van der Waals surface area contributed by atoms with E-state index in [1.54, 1.807) is 6.07 Å². The van der Waals surface area contributed by atoms with Crippen molar-refractivity contribution in [2.24, 2.45) is 0 Å². The van der Waals surface area contributed by atoms with Crippen LogP contribution in [0.4, 0.5) is 0 Å². The fourth-order valence-corrected chi connectivity index (χ4v) is 3.20. The van der Waals surface area contributed by atoms with E-state index in [0.717, 1.165) is 16.5 Å². The van der Waals surface area contributed by atoms with E-state index in [2.05, 4.69) is 4.98 Å². The third kappa shape index (κ3) is 1.92. The number of hydrogen-bond acceptors (Lipinski definition) is 5. The summed E-state index contributed by atoms with van der Waals surface area (Å²) in [5.74, 6) is -0.339. The second kappa shape index (κ2) is 4.74. The first kappa shape index (κ1) is 13.6. The van der Waals surface area contributed by atoms with Gasteiger partial charge in [-0.2, -0.15) is 0 Å². The molecular formula is C16H16N2O4. The SMILES string of the molecule is Cc1ccc2cc(C(=O)N3O[C@@H]4C[C@H]3[C@@H](O)[C@H]4O)cnc2c1. The minimum absolute atomic E-state index is 0.339. The molecule has 2 aliphatic rings. The Bertz CT molecular complexity index is 761. The van der Waals surface area contributed by atoms with Gasteiger partial charge in [-0.05, 0) is 24.6 Å². The second-order valence-electron chi connectivity index (χ2n) is 5.98. The number of aliphatic hydroxyl groups is 2. The van der Waals surface area contributed by atoms with Gasteiger partial charge in [-0.3, -0.25) is 14.6 Å². The second-order valence-corrected chi connectivity index (χ2v) is 5.98. The highest BCUT2D eigenvalue weighted by atomic mass is 16.7. The Balaban J connectivity index is 1.65.